The second kappa shape index (κ2) is 14.8. The fraction of sp³-hybridized carbons (Fsp3) is 0.300. The first kappa shape index (κ1) is 30.2. The Hall–Kier alpha value is -3.74. The highest BCUT2D eigenvalue weighted by Crippen LogP contribution is 2.39. The average Bonchev–Trinajstić information content (AvgIpc) is 3.00. The highest BCUT2D eigenvalue weighted by molar-refractivity contribution is 7.99. The highest BCUT2D eigenvalue weighted by atomic mass is 32.2. The predicted molar refractivity (Wildman–Crippen MR) is 151 cm³/mol. The summed E-state index contributed by atoms with van der Waals surface area (Å²) in [5, 5.41) is 29.9. The van der Waals surface area contributed by atoms with Gasteiger partial charge in [0.25, 0.3) is 0 Å². The zero-order chi connectivity index (χ0) is 29.2. The van der Waals surface area contributed by atoms with Gasteiger partial charge in [-0.1, -0.05) is 36.4 Å². The van der Waals surface area contributed by atoms with Crippen LogP contribution in [0.1, 0.15) is 65.1 Å². The number of aromatic carboxylic acids is 1. The van der Waals surface area contributed by atoms with E-state index in [1.54, 1.807) is 53.6 Å². The van der Waals surface area contributed by atoms with E-state index >= 15 is 0 Å². The molecule has 2 amide bonds. The molecule has 11 heteroatoms. The molecule has 5 N–H and O–H groups in total. The van der Waals surface area contributed by atoms with Crippen molar-refractivity contribution >= 4 is 35.2 Å². The number of aliphatic hydroxyl groups excluding tert-OH is 1. The van der Waals surface area contributed by atoms with Crippen LogP contribution < -0.4 is 10.8 Å². The molecule has 4 rings (SSSR count). The molecular formula is C30H32N2O8S. The lowest BCUT2D eigenvalue weighted by molar-refractivity contribution is -0.245. The third-order valence-corrected chi connectivity index (χ3v) is 7.70. The Bertz CT molecular complexity index is 1320. The zero-order valence-corrected chi connectivity index (χ0v) is 23.0. The monoisotopic (exact) mass is 580 g/mol. The van der Waals surface area contributed by atoms with Crippen LogP contribution in [0, 0.1) is 0 Å². The lowest BCUT2D eigenvalue weighted by Crippen LogP contribution is -2.31. The molecule has 0 unspecified atom stereocenters. The number of benzene rings is 3. The molecule has 1 aliphatic rings. The van der Waals surface area contributed by atoms with Gasteiger partial charge in [0.05, 0.1) is 24.4 Å². The van der Waals surface area contributed by atoms with Crippen molar-refractivity contribution < 1.29 is 39.3 Å². The van der Waals surface area contributed by atoms with Gasteiger partial charge in [-0.3, -0.25) is 14.8 Å². The van der Waals surface area contributed by atoms with Crippen LogP contribution in [0.15, 0.2) is 77.7 Å². The summed E-state index contributed by atoms with van der Waals surface area (Å²) in [7, 11) is 0. The predicted octanol–water partition coefficient (Wildman–Crippen LogP) is 4.83. The second-order valence-corrected chi connectivity index (χ2v) is 10.6. The number of aliphatic hydroxyl groups is 1. The number of ether oxygens (including phenoxy) is 2. The molecule has 0 radical (unpaired) electrons. The maximum absolute atomic E-state index is 12.2. The van der Waals surface area contributed by atoms with Crippen LogP contribution in [-0.2, 0) is 25.7 Å². The van der Waals surface area contributed by atoms with Crippen molar-refractivity contribution in [3.63, 3.8) is 0 Å². The standard InChI is InChI=1S/C30H32N2O8S/c33-17-19-4-6-20(7-5-19)26-16-24(18-41-25-14-10-21(11-15-25)29(36)37)39-30(40-26)22-8-12-23(13-9-22)31-27(34)2-1-3-28(35)32-38/h4-15,24,26,30,33,38H,1-3,16-18H2,(H,31,34)(H,32,35)(H,36,37)/t24-,26+,30+/m1/s1. The number of carboxylic acids is 1. The number of carboxylic acid groups (broad SMARTS) is 1. The smallest absolute Gasteiger partial charge is 0.335 e. The van der Waals surface area contributed by atoms with Gasteiger partial charge in [-0.2, -0.15) is 0 Å². The summed E-state index contributed by atoms with van der Waals surface area (Å²) >= 11 is 1.57. The summed E-state index contributed by atoms with van der Waals surface area (Å²) in [5.74, 6) is -1.12. The maximum Gasteiger partial charge on any atom is 0.335 e. The third kappa shape index (κ3) is 8.87. The normalized spacial score (nSPS) is 18.4. The summed E-state index contributed by atoms with van der Waals surface area (Å²) in [6, 6.07) is 21.5. The van der Waals surface area contributed by atoms with Gasteiger partial charge in [0.1, 0.15) is 0 Å². The molecule has 0 aromatic heterocycles. The Labute approximate surface area is 241 Å². The summed E-state index contributed by atoms with van der Waals surface area (Å²) in [6.07, 6.45) is 0.0255. The van der Waals surface area contributed by atoms with E-state index in [1.807, 2.05) is 36.4 Å². The minimum Gasteiger partial charge on any atom is -0.478 e. The van der Waals surface area contributed by atoms with Crippen molar-refractivity contribution in [3.8, 4) is 0 Å². The number of hydrogen-bond donors (Lipinski definition) is 5. The number of carbonyl (C=O) groups is 3. The maximum atomic E-state index is 12.2. The van der Waals surface area contributed by atoms with Crippen LogP contribution in [0.2, 0.25) is 0 Å². The molecule has 0 aliphatic carbocycles. The van der Waals surface area contributed by atoms with E-state index in [-0.39, 0.29) is 43.1 Å². The largest absolute Gasteiger partial charge is 0.478 e. The lowest BCUT2D eigenvalue weighted by atomic mass is 10.0. The van der Waals surface area contributed by atoms with Crippen molar-refractivity contribution in [1.82, 2.24) is 5.48 Å². The van der Waals surface area contributed by atoms with Gasteiger partial charge in [-0.25, -0.2) is 10.3 Å². The van der Waals surface area contributed by atoms with Crippen molar-refractivity contribution in [3.05, 3.63) is 95.1 Å². The van der Waals surface area contributed by atoms with E-state index in [2.05, 4.69) is 5.32 Å². The van der Waals surface area contributed by atoms with Crippen molar-refractivity contribution in [2.45, 2.75) is 55.7 Å². The van der Waals surface area contributed by atoms with Crippen LogP contribution in [-0.4, -0.2) is 45.1 Å². The molecule has 3 aromatic rings. The van der Waals surface area contributed by atoms with E-state index in [4.69, 9.17) is 19.8 Å². The average molecular weight is 581 g/mol. The number of hydrogen-bond acceptors (Lipinski definition) is 8. The molecule has 41 heavy (non-hydrogen) atoms. The molecule has 10 nitrogen and oxygen atoms in total. The first-order valence-electron chi connectivity index (χ1n) is 13.1. The molecule has 1 aliphatic heterocycles. The van der Waals surface area contributed by atoms with Crippen molar-refractivity contribution in [2.24, 2.45) is 0 Å². The van der Waals surface area contributed by atoms with Crippen LogP contribution in [0.4, 0.5) is 5.69 Å². The van der Waals surface area contributed by atoms with Crippen LogP contribution in [0.3, 0.4) is 0 Å². The van der Waals surface area contributed by atoms with E-state index in [0.29, 0.717) is 24.3 Å². The van der Waals surface area contributed by atoms with Gasteiger partial charge >= 0.3 is 5.97 Å². The molecule has 1 fully saturated rings. The summed E-state index contributed by atoms with van der Waals surface area (Å²) in [5.41, 5.74) is 4.92. The molecule has 1 saturated heterocycles. The quantitative estimate of drug-likeness (QED) is 0.115. The van der Waals surface area contributed by atoms with E-state index < -0.39 is 18.2 Å². The lowest BCUT2D eigenvalue weighted by Gasteiger charge is -2.36. The van der Waals surface area contributed by atoms with E-state index in [9.17, 15) is 19.5 Å². The minimum absolute atomic E-state index is 0.0433. The Morgan fingerprint density at radius 3 is 2.15 bits per heavy atom. The number of rotatable bonds is 12. The second-order valence-electron chi connectivity index (χ2n) is 9.55. The van der Waals surface area contributed by atoms with Crippen molar-refractivity contribution in [2.75, 3.05) is 11.1 Å². The summed E-state index contributed by atoms with van der Waals surface area (Å²) < 4.78 is 12.7. The van der Waals surface area contributed by atoms with Gasteiger partial charge < -0.3 is 25.0 Å². The van der Waals surface area contributed by atoms with Crippen LogP contribution in [0.25, 0.3) is 0 Å². The van der Waals surface area contributed by atoms with Crippen LogP contribution in [0.5, 0.6) is 0 Å². The number of nitrogens with one attached hydrogen (secondary N) is 2. The Morgan fingerprint density at radius 2 is 1.51 bits per heavy atom. The van der Waals surface area contributed by atoms with Crippen LogP contribution >= 0.6 is 11.8 Å². The van der Waals surface area contributed by atoms with Gasteiger partial charge in [0.15, 0.2) is 6.29 Å². The Kier molecular flexibility index (Phi) is 10.9. The number of amides is 2. The molecule has 3 atom stereocenters. The molecule has 1 heterocycles. The zero-order valence-electron chi connectivity index (χ0n) is 22.2. The summed E-state index contributed by atoms with van der Waals surface area (Å²) in [6.45, 7) is -0.0433. The number of thioether (sulfide) groups is 1. The number of hydroxylamine groups is 1. The Morgan fingerprint density at radius 1 is 0.854 bits per heavy atom. The van der Waals surface area contributed by atoms with Gasteiger partial charge in [-0.15, -0.1) is 11.8 Å². The molecule has 3 aromatic carbocycles. The van der Waals surface area contributed by atoms with Gasteiger partial charge in [0.2, 0.25) is 11.8 Å². The molecule has 216 valence electrons. The Balaban J connectivity index is 1.42. The molecular weight excluding hydrogens is 548 g/mol. The first-order chi connectivity index (χ1) is 19.8. The van der Waals surface area contributed by atoms with E-state index in [0.717, 1.165) is 21.6 Å². The summed E-state index contributed by atoms with van der Waals surface area (Å²) in [4.78, 5) is 35.4. The van der Waals surface area contributed by atoms with Gasteiger partial charge in [-0.05, 0) is 53.9 Å². The highest BCUT2D eigenvalue weighted by Gasteiger charge is 2.32. The fourth-order valence-electron chi connectivity index (χ4n) is 4.32. The third-order valence-electron chi connectivity index (χ3n) is 6.55. The van der Waals surface area contributed by atoms with Gasteiger partial charge in [0, 0.05) is 41.2 Å². The SMILES string of the molecule is O=C(CCCC(=O)Nc1ccc([C@H]2O[C@@H](CSc3ccc(C(=O)O)cc3)C[C@@H](c3ccc(CO)cc3)O2)cc1)NO. The molecule has 0 spiro atoms. The molecule has 0 saturated carbocycles. The van der Waals surface area contributed by atoms with Crippen molar-refractivity contribution in [1.29, 1.82) is 0 Å². The number of anilines is 1. The molecule has 0 bridgehead atoms. The number of carbonyl (C=O) groups excluding carboxylic acids is 2. The minimum atomic E-state index is -0.968. The topological polar surface area (TPSA) is 154 Å². The first-order valence-corrected chi connectivity index (χ1v) is 14.1. The fourth-order valence-corrected chi connectivity index (χ4v) is 5.24. The van der Waals surface area contributed by atoms with E-state index in [1.165, 1.54) is 0 Å².